The molecule has 1 aromatic rings. The maximum Gasteiger partial charge on any atom is 0.156 e. The van der Waals surface area contributed by atoms with Gasteiger partial charge >= 0.3 is 0 Å². The van der Waals surface area contributed by atoms with Crippen LogP contribution in [-0.4, -0.2) is 35.5 Å². The molecule has 2 nitrogen and oxygen atoms in total. The van der Waals surface area contributed by atoms with Gasteiger partial charge in [0.05, 0.1) is 0 Å². The van der Waals surface area contributed by atoms with E-state index < -0.39 is 0 Å². The number of benzene rings is 1. The zero-order valence-corrected chi connectivity index (χ0v) is 13.3. The molecule has 2 atom stereocenters. The van der Waals surface area contributed by atoms with Crippen LogP contribution < -0.4 is 5.32 Å². The summed E-state index contributed by atoms with van der Waals surface area (Å²) in [6, 6.07) is 11.2. The van der Waals surface area contributed by atoms with Crippen LogP contribution >= 0.6 is 23.5 Å². The molecule has 0 bridgehead atoms. The van der Waals surface area contributed by atoms with Gasteiger partial charge in [-0.2, -0.15) is 11.8 Å². The molecule has 0 radical (unpaired) electrons. The molecule has 1 aromatic carbocycles. The SMILES string of the molecule is CSCC(C)CN=C1NC(Cc2ccccc2)CS1. The number of amidine groups is 1. The van der Waals surface area contributed by atoms with Crippen molar-refractivity contribution in [3.8, 4) is 0 Å². The molecule has 0 aromatic heterocycles. The summed E-state index contributed by atoms with van der Waals surface area (Å²) in [5, 5.41) is 4.68. The summed E-state index contributed by atoms with van der Waals surface area (Å²) in [7, 11) is 0. The first-order valence-corrected chi connectivity index (χ1v) is 9.12. The first-order valence-electron chi connectivity index (χ1n) is 6.74. The third-order valence-electron chi connectivity index (χ3n) is 3.07. The van der Waals surface area contributed by atoms with Gasteiger partial charge in [-0.15, -0.1) is 0 Å². The van der Waals surface area contributed by atoms with Gasteiger partial charge in [-0.3, -0.25) is 4.99 Å². The Morgan fingerprint density at radius 3 is 2.95 bits per heavy atom. The predicted octanol–water partition coefficient (Wildman–Crippen LogP) is 3.29. The van der Waals surface area contributed by atoms with Crippen LogP contribution in [0.2, 0.25) is 0 Å². The molecule has 0 spiro atoms. The smallest absolute Gasteiger partial charge is 0.156 e. The van der Waals surface area contributed by atoms with Crippen LogP contribution in [0.15, 0.2) is 35.3 Å². The molecule has 1 aliphatic heterocycles. The maximum absolute atomic E-state index is 4.69. The fraction of sp³-hybridized carbons (Fsp3) is 0.533. The van der Waals surface area contributed by atoms with Crippen LogP contribution in [0.4, 0.5) is 0 Å². The number of aliphatic imine (C=N–C) groups is 1. The minimum atomic E-state index is 0.530. The lowest BCUT2D eigenvalue weighted by Crippen LogP contribution is -2.29. The molecular formula is C15H22N2S2. The van der Waals surface area contributed by atoms with E-state index in [9.17, 15) is 0 Å². The molecule has 4 heteroatoms. The molecular weight excluding hydrogens is 272 g/mol. The van der Waals surface area contributed by atoms with Gasteiger partial charge in [0.15, 0.2) is 5.17 Å². The van der Waals surface area contributed by atoms with E-state index in [1.165, 1.54) is 11.3 Å². The van der Waals surface area contributed by atoms with Crippen molar-refractivity contribution < 1.29 is 0 Å². The Labute approximate surface area is 124 Å². The first-order chi connectivity index (χ1) is 9.28. The van der Waals surface area contributed by atoms with Crippen molar-refractivity contribution in [2.45, 2.75) is 19.4 Å². The Morgan fingerprint density at radius 2 is 2.21 bits per heavy atom. The number of thioether (sulfide) groups is 2. The van der Waals surface area contributed by atoms with Crippen molar-refractivity contribution in [1.29, 1.82) is 0 Å². The van der Waals surface area contributed by atoms with E-state index in [2.05, 4.69) is 53.8 Å². The van der Waals surface area contributed by atoms with E-state index in [0.29, 0.717) is 12.0 Å². The highest BCUT2D eigenvalue weighted by Crippen LogP contribution is 2.18. The molecule has 2 unspecified atom stereocenters. The molecule has 1 fully saturated rings. The van der Waals surface area contributed by atoms with Crippen LogP contribution in [0.3, 0.4) is 0 Å². The van der Waals surface area contributed by atoms with Crippen molar-refractivity contribution in [1.82, 2.24) is 5.32 Å². The Hall–Kier alpha value is -0.610. The van der Waals surface area contributed by atoms with E-state index in [-0.39, 0.29) is 0 Å². The van der Waals surface area contributed by atoms with E-state index >= 15 is 0 Å². The molecule has 0 saturated carbocycles. The Morgan fingerprint density at radius 1 is 1.42 bits per heavy atom. The fourth-order valence-corrected chi connectivity index (χ4v) is 3.76. The van der Waals surface area contributed by atoms with Gasteiger partial charge in [-0.25, -0.2) is 0 Å². The summed E-state index contributed by atoms with van der Waals surface area (Å²) < 4.78 is 0. The lowest BCUT2D eigenvalue weighted by Gasteiger charge is -2.10. The molecule has 1 heterocycles. The minimum Gasteiger partial charge on any atom is -0.361 e. The minimum absolute atomic E-state index is 0.530. The lowest BCUT2D eigenvalue weighted by molar-refractivity contribution is 0.662. The summed E-state index contributed by atoms with van der Waals surface area (Å²) in [6.07, 6.45) is 3.25. The van der Waals surface area contributed by atoms with Crippen molar-refractivity contribution in [2.24, 2.45) is 10.9 Å². The normalized spacial score (nSPS) is 22.4. The number of hydrogen-bond acceptors (Lipinski definition) is 3. The fourth-order valence-electron chi connectivity index (χ4n) is 2.11. The van der Waals surface area contributed by atoms with E-state index in [0.717, 1.165) is 23.9 Å². The maximum atomic E-state index is 4.69. The van der Waals surface area contributed by atoms with Gasteiger partial charge < -0.3 is 5.32 Å². The van der Waals surface area contributed by atoms with Crippen molar-refractivity contribution in [2.75, 3.05) is 24.3 Å². The van der Waals surface area contributed by atoms with Crippen molar-refractivity contribution in [3.05, 3.63) is 35.9 Å². The Bertz CT molecular complexity index is 406. The number of hydrogen-bond donors (Lipinski definition) is 1. The van der Waals surface area contributed by atoms with E-state index in [4.69, 9.17) is 0 Å². The van der Waals surface area contributed by atoms with Gasteiger partial charge in [-0.1, -0.05) is 49.0 Å². The molecule has 19 heavy (non-hydrogen) atoms. The summed E-state index contributed by atoms with van der Waals surface area (Å²) in [6.45, 7) is 3.20. The molecule has 1 N–H and O–H groups in total. The Balaban J connectivity index is 1.78. The van der Waals surface area contributed by atoms with Crippen LogP contribution in [0.1, 0.15) is 12.5 Å². The topological polar surface area (TPSA) is 24.4 Å². The number of rotatable bonds is 6. The quantitative estimate of drug-likeness (QED) is 0.871. The van der Waals surface area contributed by atoms with Gasteiger partial charge in [0.25, 0.3) is 0 Å². The largest absolute Gasteiger partial charge is 0.361 e. The molecule has 1 aliphatic rings. The molecule has 104 valence electrons. The van der Waals surface area contributed by atoms with Crippen molar-refractivity contribution in [3.63, 3.8) is 0 Å². The third-order valence-corrected chi connectivity index (χ3v) is 5.06. The van der Waals surface area contributed by atoms with Gasteiger partial charge in [0, 0.05) is 18.3 Å². The van der Waals surface area contributed by atoms with Gasteiger partial charge in [0.1, 0.15) is 0 Å². The van der Waals surface area contributed by atoms with Gasteiger partial charge in [0.2, 0.25) is 0 Å². The standard InChI is InChI=1S/C15H22N2S2/c1-12(10-18-2)9-16-15-17-14(11-19-15)8-13-6-4-3-5-7-13/h3-7,12,14H,8-11H2,1-2H3,(H,16,17). The summed E-state index contributed by atoms with van der Waals surface area (Å²) in [4.78, 5) is 4.69. The van der Waals surface area contributed by atoms with E-state index in [1.807, 2.05) is 23.5 Å². The average molecular weight is 294 g/mol. The zero-order chi connectivity index (χ0) is 13.5. The lowest BCUT2D eigenvalue weighted by atomic mass is 10.1. The average Bonchev–Trinajstić information content (AvgIpc) is 2.86. The highest BCUT2D eigenvalue weighted by Gasteiger charge is 2.20. The van der Waals surface area contributed by atoms with Crippen LogP contribution in [0.25, 0.3) is 0 Å². The Kier molecular flexibility index (Phi) is 6.11. The number of nitrogens with zero attached hydrogens (tertiary/aromatic N) is 1. The third kappa shape index (κ3) is 5.11. The summed E-state index contributed by atoms with van der Waals surface area (Å²) >= 11 is 3.76. The van der Waals surface area contributed by atoms with Crippen LogP contribution in [0, 0.1) is 5.92 Å². The second-order valence-corrected chi connectivity index (χ2v) is 6.97. The number of nitrogens with one attached hydrogen (secondary N) is 1. The second kappa shape index (κ2) is 7.85. The van der Waals surface area contributed by atoms with Crippen molar-refractivity contribution >= 4 is 28.7 Å². The molecule has 1 saturated heterocycles. The highest BCUT2D eigenvalue weighted by molar-refractivity contribution is 8.14. The summed E-state index contributed by atoms with van der Waals surface area (Å²) in [5.41, 5.74) is 1.40. The molecule has 0 amide bonds. The van der Waals surface area contributed by atoms with Crippen LogP contribution in [-0.2, 0) is 6.42 Å². The summed E-state index contributed by atoms with van der Waals surface area (Å²) in [5.74, 6) is 2.98. The zero-order valence-electron chi connectivity index (χ0n) is 11.6. The predicted molar refractivity (Wildman–Crippen MR) is 89.4 cm³/mol. The van der Waals surface area contributed by atoms with Gasteiger partial charge in [-0.05, 0) is 29.9 Å². The first kappa shape index (κ1) is 14.8. The van der Waals surface area contributed by atoms with E-state index in [1.54, 1.807) is 0 Å². The van der Waals surface area contributed by atoms with Crippen LogP contribution in [0.5, 0.6) is 0 Å². The second-order valence-electron chi connectivity index (χ2n) is 5.05. The molecule has 2 rings (SSSR count). The molecule has 0 aliphatic carbocycles. The highest BCUT2D eigenvalue weighted by atomic mass is 32.2. The monoisotopic (exact) mass is 294 g/mol.